The molecule has 20 heavy (non-hydrogen) atoms. The lowest BCUT2D eigenvalue weighted by molar-refractivity contribution is -0.133. The molecule has 1 aromatic rings. The smallest absolute Gasteiger partial charge is 0.224 e. The third-order valence-corrected chi connectivity index (χ3v) is 5.22. The maximum atomic E-state index is 12.4. The van der Waals surface area contributed by atoms with E-state index in [1.165, 1.54) is 10.5 Å². The molecule has 1 N–H and O–H groups in total. The van der Waals surface area contributed by atoms with E-state index in [4.69, 9.17) is 0 Å². The van der Waals surface area contributed by atoms with Gasteiger partial charge < -0.3 is 10.2 Å². The Morgan fingerprint density at radius 2 is 2.35 bits per heavy atom. The van der Waals surface area contributed by atoms with Crippen molar-refractivity contribution in [1.29, 1.82) is 0 Å². The molecule has 0 aliphatic carbocycles. The zero-order valence-corrected chi connectivity index (χ0v) is 14.4. The molecular formula is C15H21BrN2OS. The lowest BCUT2D eigenvalue weighted by Gasteiger charge is -2.35. The van der Waals surface area contributed by atoms with Crippen LogP contribution in [0, 0.1) is 0 Å². The van der Waals surface area contributed by atoms with Crippen LogP contribution in [0.3, 0.4) is 0 Å². The van der Waals surface area contributed by atoms with Crippen LogP contribution in [0.15, 0.2) is 27.6 Å². The molecule has 1 aliphatic heterocycles. The second-order valence-electron chi connectivity index (χ2n) is 4.87. The Balaban J connectivity index is 2.23. The molecule has 3 nitrogen and oxygen atoms in total. The van der Waals surface area contributed by atoms with Crippen LogP contribution in [0.2, 0.25) is 0 Å². The summed E-state index contributed by atoms with van der Waals surface area (Å²) >= 11 is 5.43. The van der Waals surface area contributed by atoms with Gasteiger partial charge in [0.2, 0.25) is 5.91 Å². The summed E-state index contributed by atoms with van der Waals surface area (Å²) in [4.78, 5) is 15.7. The summed E-state index contributed by atoms with van der Waals surface area (Å²) in [6.07, 6.45) is 1.60. The SMILES string of the molecule is CCN(C(=O)CCNC)C1CCSc2ccc(Br)cc21. The Bertz CT molecular complexity index is 481. The monoisotopic (exact) mass is 356 g/mol. The van der Waals surface area contributed by atoms with Gasteiger partial charge in [0.1, 0.15) is 0 Å². The Kier molecular flexibility index (Phi) is 5.93. The molecular weight excluding hydrogens is 336 g/mol. The predicted molar refractivity (Wildman–Crippen MR) is 88.2 cm³/mol. The molecule has 0 spiro atoms. The van der Waals surface area contributed by atoms with Gasteiger partial charge in [-0.05, 0) is 44.2 Å². The maximum Gasteiger partial charge on any atom is 0.224 e. The third kappa shape index (κ3) is 3.57. The lowest BCUT2D eigenvalue weighted by Crippen LogP contribution is -2.37. The summed E-state index contributed by atoms with van der Waals surface area (Å²) in [7, 11) is 1.88. The number of rotatable bonds is 5. The number of hydrogen-bond donors (Lipinski definition) is 1. The van der Waals surface area contributed by atoms with Gasteiger partial charge in [0.05, 0.1) is 6.04 Å². The van der Waals surface area contributed by atoms with Gasteiger partial charge in [0, 0.05) is 34.6 Å². The first kappa shape index (κ1) is 15.9. The van der Waals surface area contributed by atoms with Crippen molar-refractivity contribution in [2.45, 2.75) is 30.7 Å². The molecule has 1 unspecified atom stereocenters. The molecule has 110 valence electrons. The summed E-state index contributed by atoms with van der Waals surface area (Å²) in [5.74, 6) is 1.32. The highest BCUT2D eigenvalue weighted by Crippen LogP contribution is 2.40. The number of amides is 1. The highest BCUT2D eigenvalue weighted by atomic mass is 79.9. The van der Waals surface area contributed by atoms with Crippen LogP contribution in [0.25, 0.3) is 0 Å². The van der Waals surface area contributed by atoms with E-state index in [0.29, 0.717) is 6.42 Å². The van der Waals surface area contributed by atoms with Crippen LogP contribution >= 0.6 is 27.7 Å². The largest absolute Gasteiger partial charge is 0.336 e. The Morgan fingerprint density at radius 3 is 3.05 bits per heavy atom. The number of halogens is 1. The van der Waals surface area contributed by atoms with E-state index in [9.17, 15) is 4.79 Å². The van der Waals surface area contributed by atoms with Gasteiger partial charge in [-0.25, -0.2) is 0 Å². The van der Waals surface area contributed by atoms with Crippen LogP contribution in [-0.4, -0.2) is 36.7 Å². The highest BCUT2D eigenvalue weighted by molar-refractivity contribution is 9.10. The van der Waals surface area contributed by atoms with Crippen LogP contribution in [-0.2, 0) is 4.79 Å². The molecule has 1 heterocycles. The molecule has 1 atom stereocenters. The minimum Gasteiger partial charge on any atom is -0.336 e. The van der Waals surface area contributed by atoms with Crippen LogP contribution in [0.5, 0.6) is 0 Å². The van der Waals surface area contributed by atoms with Gasteiger partial charge in [-0.2, -0.15) is 0 Å². The third-order valence-electron chi connectivity index (χ3n) is 3.61. The number of nitrogens with zero attached hydrogens (tertiary/aromatic N) is 1. The van der Waals surface area contributed by atoms with Crippen molar-refractivity contribution in [3.05, 3.63) is 28.2 Å². The number of carbonyl (C=O) groups is 1. The fraction of sp³-hybridized carbons (Fsp3) is 0.533. The predicted octanol–water partition coefficient (Wildman–Crippen LogP) is 3.44. The van der Waals surface area contributed by atoms with Gasteiger partial charge in [0.15, 0.2) is 0 Å². The van der Waals surface area contributed by atoms with Gasteiger partial charge in [-0.3, -0.25) is 4.79 Å². The van der Waals surface area contributed by atoms with Crippen molar-refractivity contribution in [2.75, 3.05) is 25.9 Å². The number of benzene rings is 1. The zero-order valence-electron chi connectivity index (χ0n) is 12.0. The summed E-state index contributed by atoms with van der Waals surface area (Å²) in [5, 5.41) is 3.05. The molecule has 0 aromatic heterocycles. The van der Waals surface area contributed by atoms with Gasteiger partial charge in [0.25, 0.3) is 0 Å². The van der Waals surface area contributed by atoms with E-state index in [-0.39, 0.29) is 11.9 Å². The minimum absolute atomic E-state index is 0.220. The first-order valence-electron chi connectivity index (χ1n) is 7.03. The molecule has 5 heteroatoms. The van der Waals surface area contributed by atoms with Gasteiger partial charge in [-0.1, -0.05) is 15.9 Å². The molecule has 0 fully saturated rings. The van der Waals surface area contributed by atoms with E-state index in [1.54, 1.807) is 0 Å². The zero-order chi connectivity index (χ0) is 14.5. The molecule has 0 radical (unpaired) electrons. The normalized spacial score (nSPS) is 17.6. The Hall–Kier alpha value is -0.520. The first-order valence-corrected chi connectivity index (χ1v) is 8.81. The fourth-order valence-corrected chi connectivity index (χ4v) is 4.08. The fourth-order valence-electron chi connectivity index (χ4n) is 2.62. The number of thioether (sulfide) groups is 1. The van der Waals surface area contributed by atoms with Crippen molar-refractivity contribution < 1.29 is 4.79 Å². The number of hydrogen-bond acceptors (Lipinski definition) is 3. The molecule has 1 amide bonds. The van der Waals surface area contributed by atoms with E-state index in [1.807, 2.05) is 23.7 Å². The summed E-state index contributed by atoms with van der Waals surface area (Å²) < 4.78 is 1.09. The molecule has 2 rings (SSSR count). The van der Waals surface area contributed by atoms with Crippen LogP contribution < -0.4 is 5.32 Å². The van der Waals surface area contributed by atoms with E-state index >= 15 is 0 Å². The molecule has 0 saturated heterocycles. The first-order chi connectivity index (χ1) is 9.67. The minimum atomic E-state index is 0.220. The quantitative estimate of drug-likeness (QED) is 0.876. The van der Waals surface area contributed by atoms with Crippen molar-refractivity contribution in [1.82, 2.24) is 10.2 Å². The molecule has 1 aliphatic rings. The van der Waals surface area contributed by atoms with E-state index < -0.39 is 0 Å². The van der Waals surface area contributed by atoms with Crippen molar-refractivity contribution in [3.8, 4) is 0 Å². The standard InChI is InChI=1S/C15H21BrN2OS/c1-3-18(15(19)6-8-17-2)13-7-9-20-14-5-4-11(16)10-12(13)14/h4-5,10,13,17H,3,6-9H2,1-2H3. The van der Waals surface area contributed by atoms with Crippen molar-refractivity contribution in [2.24, 2.45) is 0 Å². The van der Waals surface area contributed by atoms with Crippen molar-refractivity contribution >= 4 is 33.6 Å². The number of carbonyl (C=O) groups excluding carboxylic acids is 1. The topological polar surface area (TPSA) is 32.3 Å². The summed E-state index contributed by atoms with van der Waals surface area (Å²) in [5.41, 5.74) is 1.29. The van der Waals surface area contributed by atoms with Crippen molar-refractivity contribution in [3.63, 3.8) is 0 Å². The Labute approximate surface area is 133 Å². The van der Waals surface area contributed by atoms with Crippen LogP contribution in [0.1, 0.15) is 31.4 Å². The number of nitrogens with one attached hydrogen (secondary N) is 1. The van der Waals surface area contributed by atoms with Gasteiger partial charge >= 0.3 is 0 Å². The molecule has 0 saturated carbocycles. The second-order valence-corrected chi connectivity index (χ2v) is 6.92. The van der Waals surface area contributed by atoms with Gasteiger partial charge in [-0.15, -0.1) is 11.8 Å². The number of fused-ring (bicyclic) bond motifs is 1. The van der Waals surface area contributed by atoms with Crippen LogP contribution in [0.4, 0.5) is 0 Å². The summed E-state index contributed by atoms with van der Waals surface area (Å²) in [6, 6.07) is 6.62. The highest BCUT2D eigenvalue weighted by Gasteiger charge is 2.28. The molecule has 1 aromatic carbocycles. The maximum absolute atomic E-state index is 12.4. The molecule has 0 bridgehead atoms. The Morgan fingerprint density at radius 1 is 1.55 bits per heavy atom. The average Bonchev–Trinajstić information content (AvgIpc) is 2.46. The summed E-state index contributed by atoms with van der Waals surface area (Å²) in [6.45, 7) is 3.57. The van der Waals surface area contributed by atoms with E-state index in [2.05, 4.69) is 46.4 Å². The van der Waals surface area contributed by atoms with E-state index in [0.717, 1.165) is 29.7 Å². The average molecular weight is 357 g/mol. The second kappa shape index (κ2) is 7.48. The lowest BCUT2D eigenvalue weighted by atomic mass is 10.0.